The third-order valence-electron chi connectivity index (χ3n) is 6.07. The van der Waals surface area contributed by atoms with Crippen molar-refractivity contribution in [1.82, 2.24) is 10.2 Å². The van der Waals surface area contributed by atoms with Gasteiger partial charge in [0.05, 0.1) is 6.07 Å². The predicted octanol–water partition coefficient (Wildman–Crippen LogP) is 3.31. The molecule has 3 rings (SSSR count). The molecule has 3 fully saturated rings. The highest BCUT2D eigenvalue weighted by Crippen LogP contribution is 2.47. The molecule has 118 valence electrons. The summed E-state index contributed by atoms with van der Waals surface area (Å²) in [5, 5.41) is 13.4. The number of nitrogens with one attached hydrogen (secondary N) is 1. The lowest BCUT2D eigenvalue weighted by molar-refractivity contribution is 0.0855. The second-order valence-electron chi connectivity index (χ2n) is 8.14. The quantitative estimate of drug-likeness (QED) is 0.844. The minimum atomic E-state index is -0.297. The smallest absolute Gasteiger partial charge is 0.122 e. The number of rotatable bonds is 5. The molecule has 2 aliphatic carbocycles. The summed E-state index contributed by atoms with van der Waals surface area (Å²) in [7, 11) is 0. The monoisotopic (exact) mass is 289 g/mol. The van der Waals surface area contributed by atoms with Crippen LogP contribution in [0, 0.1) is 22.7 Å². The molecule has 0 aromatic carbocycles. The van der Waals surface area contributed by atoms with Gasteiger partial charge in [-0.05, 0) is 76.8 Å². The molecule has 0 amide bonds. The molecule has 1 saturated heterocycles. The number of hydrogen-bond acceptors (Lipinski definition) is 3. The molecule has 3 nitrogen and oxygen atoms in total. The van der Waals surface area contributed by atoms with E-state index in [1.807, 2.05) is 0 Å². The van der Waals surface area contributed by atoms with Gasteiger partial charge in [-0.25, -0.2) is 0 Å². The Morgan fingerprint density at radius 3 is 2.29 bits per heavy atom. The highest BCUT2D eigenvalue weighted by atomic mass is 15.2. The summed E-state index contributed by atoms with van der Waals surface area (Å²) >= 11 is 0. The zero-order valence-electron chi connectivity index (χ0n) is 13.8. The topological polar surface area (TPSA) is 39.1 Å². The van der Waals surface area contributed by atoms with E-state index in [2.05, 4.69) is 30.1 Å². The molecule has 1 heterocycles. The average Bonchev–Trinajstić information content (AvgIpc) is 3.23. The third kappa shape index (κ3) is 3.27. The molecule has 1 N–H and O–H groups in total. The van der Waals surface area contributed by atoms with Crippen LogP contribution in [-0.2, 0) is 0 Å². The van der Waals surface area contributed by atoms with E-state index in [1.54, 1.807) is 0 Å². The van der Waals surface area contributed by atoms with Gasteiger partial charge >= 0.3 is 0 Å². The summed E-state index contributed by atoms with van der Waals surface area (Å²) in [6.07, 6.45) is 11.0. The van der Waals surface area contributed by atoms with Gasteiger partial charge in [0.2, 0.25) is 0 Å². The van der Waals surface area contributed by atoms with Gasteiger partial charge in [0.25, 0.3) is 0 Å². The van der Waals surface area contributed by atoms with E-state index in [9.17, 15) is 5.26 Å². The van der Waals surface area contributed by atoms with Crippen LogP contribution in [0.15, 0.2) is 0 Å². The third-order valence-corrected chi connectivity index (χ3v) is 6.07. The van der Waals surface area contributed by atoms with Crippen molar-refractivity contribution in [2.75, 3.05) is 19.6 Å². The van der Waals surface area contributed by atoms with Crippen LogP contribution < -0.4 is 5.32 Å². The molecule has 3 heteroatoms. The SMILES string of the molecule is CC(C)NC(C#N)(CN1CCC2(CCCC2)CC1)C1CC1. The molecule has 0 aromatic rings. The van der Waals surface area contributed by atoms with Crippen LogP contribution >= 0.6 is 0 Å². The van der Waals surface area contributed by atoms with Crippen LogP contribution in [0.4, 0.5) is 0 Å². The van der Waals surface area contributed by atoms with E-state index in [-0.39, 0.29) is 5.54 Å². The van der Waals surface area contributed by atoms with Gasteiger partial charge in [-0.15, -0.1) is 0 Å². The maximum Gasteiger partial charge on any atom is 0.122 e. The Bertz CT molecular complexity index is 391. The number of nitrogens with zero attached hydrogens (tertiary/aromatic N) is 2. The van der Waals surface area contributed by atoms with Crippen molar-refractivity contribution >= 4 is 0 Å². The lowest BCUT2D eigenvalue weighted by Crippen LogP contribution is -2.58. The summed E-state index contributed by atoms with van der Waals surface area (Å²) in [4.78, 5) is 2.57. The first-order valence-corrected chi connectivity index (χ1v) is 8.99. The van der Waals surface area contributed by atoms with Crippen molar-refractivity contribution in [3.05, 3.63) is 0 Å². The lowest BCUT2D eigenvalue weighted by Gasteiger charge is -2.43. The second kappa shape index (κ2) is 5.89. The number of likely N-dealkylation sites (tertiary alicyclic amines) is 1. The summed E-state index contributed by atoms with van der Waals surface area (Å²) in [6.45, 7) is 7.67. The minimum absolute atomic E-state index is 0.297. The number of nitriles is 1. The fraction of sp³-hybridized carbons (Fsp3) is 0.944. The van der Waals surface area contributed by atoms with Crippen molar-refractivity contribution in [3.8, 4) is 6.07 Å². The fourth-order valence-electron chi connectivity index (χ4n) is 4.71. The van der Waals surface area contributed by atoms with E-state index < -0.39 is 0 Å². The second-order valence-corrected chi connectivity index (χ2v) is 8.14. The molecule has 0 radical (unpaired) electrons. The van der Waals surface area contributed by atoms with Crippen LogP contribution in [0.2, 0.25) is 0 Å². The van der Waals surface area contributed by atoms with Crippen molar-refractivity contribution < 1.29 is 0 Å². The highest BCUT2D eigenvalue weighted by molar-refractivity contribution is 5.17. The summed E-state index contributed by atoms with van der Waals surface area (Å²) in [6, 6.07) is 3.05. The molecular weight excluding hydrogens is 258 g/mol. The predicted molar refractivity (Wildman–Crippen MR) is 85.9 cm³/mol. The molecule has 1 aliphatic heterocycles. The zero-order chi connectivity index (χ0) is 14.9. The standard InChI is InChI=1S/C18H31N3/c1-15(2)20-18(13-19,16-5-6-16)14-21-11-9-17(10-12-21)7-3-4-8-17/h15-16,20H,3-12,14H2,1-2H3. The summed E-state index contributed by atoms with van der Waals surface area (Å²) in [5.74, 6) is 0.576. The summed E-state index contributed by atoms with van der Waals surface area (Å²) in [5.41, 5.74) is 0.380. The van der Waals surface area contributed by atoms with Crippen LogP contribution in [0.5, 0.6) is 0 Å². The fourth-order valence-corrected chi connectivity index (χ4v) is 4.71. The van der Waals surface area contributed by atoms with Gasteiger partial charge < -0.3 is 4.90 Å². The first-order valence-electron chi connectivity index (χ1n) is 8.99. The van der Waals surface area contributed by atoms with E-state index in [4.69, 9.17) is 0 Å². The van der Waals surface area contributed by atoms with E-state index >= 15 is 0 Å². The van der Waals surface area contributed by atoms with Crippen LogP contribution in [0.1, 0.15) is 65.2 Å². The molecular formula is C18H31N3. The lowest BCUT2D eigenvalue weighted by atomic mass is 9.76. The van der Waals surface area contributed by atoms with Gasteiger partial charge in [0.15, 0.2) is 0 Å². The Hall–Kier alpha value is -0.590. The normalized spacial score (nSPS) is 28.7. The molecule has 1 unspecified atom stereocenters. The molecule has 3 aliphatic rings. The van der Waals surface area contributed by atoms with E-state index in [0.717, 1.165) is 6.54 Å². The maximum atomic E-state index is 9.83. The Labute approximate surface area is 130 Å². The van der Waals surface area contributed by atoms with E-state index in [0.29, 0.717) is 17.4 Å². The Kier molecular flexibility index (Phi) is 4.30. The first-order chi connectivity index (χ1) is 10.1. The van der Waals surface area contributed by atoms with Gasteiger partial charge in [-0.2, -0.15) is 5.26 Å². The highest BCUT2D eigenvalue weighted by Gasteiger charge is 2.48. The van der Waals surface area contributed by atoms with Crippen molar-refractivity contribution in [1.29, 1.82) is 5.26 Å². The van der Waals surface area contributed by atoms with Crippen molar-refractivity contribution in [2.24, 2.45) is 11.3 Å². The van der Waals surface area contributed by atoms with Crippen LogP contribution in [0.25, 0.3) is 0 Å². The molecule has 2 saturated carbocycles. The first kappa shape index (κ1) is 15.3. The molecule has 1 atom stereocenters. The van der Waals surface area contributed by atoms with E-state index in [1.165, 1.54) is 64.5 Å². The number of piperidine rings is 1. The van der Waals surface area contributed by atoms with Crippen molar-refractivity contribution in [3.63, 3.8) is 0 Å². The molecule has 21 heavy (non-hydrogen) atoms. The molecule has 0 aromatic heterocycles. The van der Waals surface area contributed by atoms with Crippen LogP contribution in [0.3, 0.4) is 0 Å². The van der Waals surface area contributed by atoms with Gasteiger partial charge in [-0.3, -0.25) is 5.32 Å². The minimum Gasteiger partial charge on any atom is -0.300 e. The van der Waals surface area contributed by atoms with Gasteiger partial charge in [0.1, 0.15) is 5.54 Å². The Morgan fingerprint density at radius 2 is 1.81 bits per heavy atom. The summed E-state index contributed by atoms with van der Waals surface area (Å²) < 4.78 is 0. The zero-order valence-corrected chi connectivity index (χ0v) is 13.8. The number of hydrogen-bond donors (Lipinski definition) is 1. The Morgan fingerprint density at radius 1 is 1.19 bits per heavy atom. The van der Waals surface area contributed by atoms with Crippen molar-refractivity contribution in [2.45, 2.75) is 76.8 Å². The van der Waals surface area contributed by atoms with Gasteiger partial charge in [-0.1, -0.05) is 12.8 Å². The van der Waals surface area contributed by atoms with Crippen LogP contribution in [-0.4, -0.2) is 36.1 Å². The molecule has 0 bridgehead atoms. The molecule has 1 spiro atoms. The average molecular weight is 289 g/mol. The maximum absolute atomic E-state index is 9.83. The van der Waals surface area contributed by atoms with Gasteiger partial charge in [0, 0.05) is 12.6 Å². The Balaban J connectivity index is 1.60. The largest absolute Gasteiger partial charge is 0.300 e.